The van der Waals surface area contributed by atoms with Crippen LogP contribution in [0.5, 0.6) is 0 Å². The van der Waals surface area contributed by atoms with Crippen molar-refractivity contribution in [2.45, 2.75) is 26.7 Å². The maximum absolute atomic E-state index is 12.1. The Morgan fingerprint density at radius 2 is 2.37 bits per heavy atom. The Labute approximate surface area is 115 Å². The van der Waals surface area contributed by atoms with Crippen LogP contribution in [-0.2, 0) is 0 Å². The molecule has 0 unspecified atom stereocenters. The molecule has 0 spiro atoms. The number of nitrogens with zero attached hydrogens (tertiary/aromatic N) is 1. The molecule has 2 aromatic heterocycles. The van der Waals surface area contributed by atoms with Gasteiger partial charge in [-0.3, -0.25) is 4.79 Å². The molecule has 0 aromatic carbocycles. The van der Waals surface area contributed by atoms with Gasteiger partial charge in [-0.2, -0.15) is 0 Å². The van der Waals surface area contributed by atoms with Gasteiger partial charge in [-0.05, 0) is 30.4 Å². The van der Waals surface area contributed by atoms with Gasteiger partial charge >= 0.3 is 0 Å². The highest BCUT2D eigenvalue weighted by Gasteiger charge is 2.23. The van der Waals surface area contributed by atoms with Crippen molar-refractivity contribution in [3.8, 4) is 10.6 Å². The van der Waals surface area contributed by atoms with E-state index in [0.29, 0.717) is 17.8 Å². The van der Waals surface area contributed by atoms with Crippen molar-refractivity contribution in [2.24, 2.45) is 0 Å². The van der Waals surface area contributed by atoms with Gasteiger partial charge < -0.3 is 15.6 Å². The predicted octanol–water partition coefficient (Wildman–Crippen LogP) is 2.82. The van der Waals surface area contributed by atoms with E-state index in [-0.39, 0.29) is 11.8 Å². The second-order valence-electron chi connectivity index (χ2n) is 4.31. The number of rotatable bonds is 5. The van der Waals surface area contributed by atoms with Crippen LogP contribution in [0.15, 0.2) is 16.0 Å². The third-order valence-corrected chi connectivity index (χ3v) is 3.86. The van der Waals surface area contributed by atoms with E-state index >= 15 is 0 Å². The fraction of sp³-hybridized carbons (Fsp3) is 0.385. The molecular weight excluding hydrogens is 262 g/mol. The molecule has 0 bridgehead atoms. The summed E-state index contributed by atoms with van der Waals surface area (Å²) in [6, 6.07) is 1.98. The third-order valence-electron chi connectivity index (χ3n) is 2.84. The Morgan fingerprint density at radius 3 is 3.00 bits per heavy atom. The highest BCUT2D eigenvalue weighted by Crippen LogP contribution is 2.33. The molecule has 5 nitrogen and oxygen atoms in total. The van der Waals surface area contributed by atoms with Gasteiger partial charge in [0.15, 0.2) is 0 Å². The van der Waals surface area contributed by atoms with Gasteiger partial charge in [-0.15, -0.1) is 11.3 Å². The quantitative estimate of drug-likeness (QED) is 0.825. The van der Waals surface area contributed by atoms with Gasteiger partial charge in [0.25, 0.3) is 5.91 Å². The number of hydrogen-bond donors (Lipinski definition) is 2. The number of aryl methyl sites for hydroxylation is 1. The minimum absolute atomic E-state index is 0.0665. The summed E-state index contributed by atoms with van der Waals surface area (Å²) in [5.41, 5.74) is 7.64. The van der Waals surface area contributed by atoms with Crippen molar-refractivity contribution in [3.05, 3.63) is 22.6 Å². The first kappa shape index (κ1) is 13.6. The van der Waals surface area contributed by atoms with Crippen LogP contribution in [-0.4, -0.2) is 17.6 Å². The van der Waals surface area contributed by atoms with Crippen LogP contribution < -0.4 is 11.1 Å². The molecule has 1 amide bonds. The van der Waals surface area contributed by atoms with Crippen LogP contribution in [0.25, 0.3) is 10.6 Å². The van der Waals surface area contributed by atoms with Gasteiger partial charge in [0.2, 0.25) is 5.88 Å². The summed E-state index contributed by atoms with van der Waals surface area (Å²) in [6.45, 7) is 4.67. The van der Waals surface area contributed by atoms with Crippen molar-refractivity contribution in [1.82, 2.24) is 10.5 Å². The van der Waals surface area contributed by atoms with Crippen molar-refractivity contribution in [2.75, 3.05) is 12.3 Å². The SMILES string of the molecule is CCCCNC(=O)c1c(-c2sccc2C)noc1N. The molecule has 3 N–H and O–H groups in total. The number of aromatic nitrogens is 1. The number of nitrogens with one attached hydrogen (secondary N) is 1. The summed E-state index contributed by atoms with van der Waals surface area (Å²) in [6.07, 6.45) is 1.96. The lowest BCUT2D eigenvalue weighted by molar-refractivity contribution is 0.0954. The fourth-order valence-electron chi connectivity index (χ4n) is 1.76. The molecule has 0 aliphatic heterocycles. The topological polar surface area (TPSA) is 81.2 Å². The second-order valence-corrected chi connectivity index (χ2v) is 5.23. The molecule has 6 heteroatoms. The number of thiophene rings is 1. The molecule has 2 aromatic rings. The number of carbonyl (C=O) groups excluding carboxylic acids is 1. The fourth-order valence-corrected chi connectivity index (χ4v) is 2.67. The predicted molar refractivity (Wildman–Crippen MR) is 76.2 cm³/mol. The average Bonchev–Trinajstić information content (AvgIpc) is 2.95. The largest absolute Gasteiger partial charge is 0.367 e. The lowest BCUT2D eigenvalue weighted by Crippen LogP contribution is -2.25. The molecule has 0 saturated carbocycles. The standard InChI is InChI=1S/C13H17N3O2S/c1-3-4-6-15-13(17)9-10(16-18-12(9)14)11-8(2)5-7-19-11/h5,7H,3-4,6,14H2,1-2H3,(H,15,17). The van der Waals surface area contributed by atoms with Gasteiger partial charge in [0.1, 0.15) is 11.3 Å². The Kier molecular flexibility index (Phi) is 4.21. The smallest absolute Gasteiger partial charge is 0.259 e. The van der Waals surface area contributed by atoms with Gasteiger partial charge in [0, 0.05) is 6.54 Å². The first-order chi connectivity index (χ1) is 9.15. The van der Waals surface area contributed by atoms with Gasteiger partial charge in [-0.25, -0.2) is 0 Å². The van der Waals surface area contributed by atoms with Gasteiger partial charge in [0.05, 0.1) is 4.88 Å². The van der Waals surface area contributed by atoms with Crippen LogP contribution >= 0.6 is 11.3 Å². The van der Waals surface area contributed by atoms with Crippen molar-refractivity contribution >= 4 is 23.1 Å². The number of carbonyl (C=O) groups is 1. The maximum Gasteiger partial charge on any atom is 0.259 e. The summed E-state index contributed by atoms with van der Waals surface area (Å²) in [4.78, 5) is 13.1. The van der Waals surface area contributed by atoms with E-state index in [2.05, 4.69) is 17.4 Å². The molecule has 0 saturated heterocycles. The van der Waals surface area contributed by atoms with E-state index in [4.69, 9.17) is 10.3 Å². The zero-order valence-electron chi connectivity index (χ0n) is 11.0. The Morgan fingerprint density at radius 1 is 1.58 bits per heavy atom. The maximum atomic E-state index is 12.1. The monoisotopic (exact) mass is 279 g/mol. The number of hydrogen-bond acceptors (Lipinski definition) is 5. The van der Waals surface area contributed by atoms with E-state index in [1.54, 1.807) is 0 Å². The van der Waals surface area contributed by atoms with Crippen LogP contribution in [0, 0.1) is 6.92 Å². The van der Waals surface area contributed by atoms with Crippen LogP contribution in [0.2, 0.25) is 0 Å². The summed E-state index contributed by atoms with van der Waals surface area (Å²) < 4.78 is 4.98. The lowest BCUT2D eigenvalue weighted by Gasteiger charge is -2.04. The third kappa shape index (κ3) is 2.78. The molecule has 2 rings (SSSR count). The van der Waals surface area contributed by atoms with E-state index in [1.807, 2.05) is 18.4 Å². The van der Waals surface area contributed by atoms with E-state index in [9.17, 15) is 4.79 Å². The number of nitrogen functional groups attached to an aromatic ring is 1. The number of unbranched alkanes of at least 4 members (excludes halogenated alkanes) is 1. The Bertz CT molecular complexity index is 574. The second kappa shape index (κ2) is 5.88. The molecule has 19 heavy (non-hydrogen) atoms. The molecule has 0 radical (unpaired) electrons. The molecule has 0 aliphatic rings. The summed E-state index contributed by atoms with van der Waals surface area (Å²) in [5, 5.41) is 8.70. The van der Waals surface area contributed by atoms with Crippen molar-refractivity contribution < 1.29 is 9.32 Å². The molecule has 0 atom stereocenters. The Balaban J connectivity index is 2.28. The lowest BCUT2D eigenvalue weighted by atomic mass is 10.1. The highest BCUT2D eigenvalue weighted by molar-refractivity contribution is 7.13. The number of anilines is 1. The van der Waals surface area contributed by atoms with Crippen molar-refractivity contribution in [1.29, 1.82) is 0 Å². The molecular formula is C13H17N3O2S. The first-order valence-electron chi connectivity index (χ1n) is 6.23. The van der Waals surface area contributed by atoms with Gasteiger partial charge in [-0.1, -0.05) is 18.5 Å². The van der Waals surface area contributed by atoms with E-state index in [0.717, 1.165) is 23.3 Å². The number of amides is 1. The van der Waals surface area contributed by atoms with Crippen LogP contribution in [0.3, 0.4) is 0 Å². The summed E-state index contributed by atoms with van der Waals surface area (Å²) in [5.74, 6) is -0.160. The average molecular weight is 279 g/mol. The summed E-state index contributed by atoms with van der Waals surface area (Å²) in [7, 11) is 0. The molecule has 102 valence electrons. The molecule has 2 heterocycles. The molecule has 0 fully saturated rings. The van der Waals surface area contributed by atoms with E-state index in [1.165, 1.54) is 11.3 Å². The highest BCUT2D eigenvalue weighted by atomic mass is 32.1. The van der Waals surface area contributed by atoms with E-state index < -0.39 is 0 Å². The molecule has 0 aliphatic carbocycles. The van der Waals surface area contributed by atoms with Crippen molar-refractivity contribution in [3.63, 3.8) is 0 Å². The minimum atomic E-state index is -0.227. The first-order valence-corrected chi connectivity index (χ1v) is 7.11. The zero-order valence-corrected chi connectivity index (χ0v) is 11.8. The summed E-state index contributed by atoms with van der Waals surface area (Å²) >= 11 is 1.52. The number of nitrogens with two attached hydrogens (primary N) is 1. The van der Waals surface area contributed by atoms with Crippen LogP contribution in [0.4, 0.5) is 5.88 Å². The Hall–Kier alpha value is -1.82. The normalized spacial score (nSPS) is 10.6. The zero-order chi connectivity index (χ0) is 13.8. The minimum Gasteiger partial charge on any atom is -0.367 e. The van der Waals surface area contributed by atoms with Crippen LogP contribution in [0.1, 0.15) is 35.7 Å².